The molecule has 1 amide bonds. The molecule has 3 rings (SSSR count). The standard InChI is InChI=1S/C16H18N6O3/c1-3-25-16(24)19-13-8-18-21(20-13)9-14(23)22-10(2)15(17)11-6-4-5-7-12(11)22/h4-8H,3,9,17H2,1-2H3,(H,19,20,24). The third kappa shape index (κ3) is 3.16. The van der Waals surface area contributed by atoms with E-state index in [1.165, 1.54) is 11.0 Å². The van der Waals surface area contributed by atoms with Gasteiger partial charge in [-0.25, -0.2) is 4.79 Å². The van der Waals surface area contributed by atoms with E-state index in [1.807, 2.05) is 24.3 Å². The van der Waals surface area contributed by atoms with Gasteiger partial charge < -0.3 is 10.5 Å². The van der Waals surface area contributed by atoms with Gasteiger partial charge in [0.1, 0.15) is 6.54 Å². The average molecular weight is 342 g/mol. The van der Waals surface area contributed by atoms with E-state index in [2.05, 4.69) is 15.5 Å². The summed E-state index contributed by atoms with van der Waals surface area (Å²) in [6.07, 6.45) is 0.722. The molecule has 25 heavy (non-hydrogen) atoms. The molecule has 0 spiro atoms. The lowest BCUT2D eigenvalue weighted by atomic mass is 10.2. The number of nitrogens with two attached hydrogens (primary N) is 1. The quantitative estimate of drug-likeness (QED) is 0.749. The molecule has 0 aliphatic heterocycles. The predicted octanol–water partition coefficient (Wildman–Crippen LogP) is 2.03. The summed E-state index contributed by atoms with van der Waals surface area (Å²) in [4.78, 5) is 25.3. The van der Waals surface area contributed by atoms with Crippen LogP contribution in [0.3, 0.4) is 0 Å². The number of nitrogens with one attached hydrogen (secondary N) is 1. The number of para-hydroxylation sites is 1. The number of hydrogen-bond acceptors (Lipinski definition) is 6. The van der Waals surface area contributed by atoms with Gasteiger partial charge in [-0.2, -0.15) is 9.90 Å². The first-order valence-corrected chi connectivity index (χ1v) is 7.74. The summed E-state index contributed by atoms with van der Waals surface area (Å²) in [6, 6.07) is 7.42. The van der Waals surface area contributed by atoms with Crippen molar-refractivity contribution in [2.24, 2.45) is 0 Å². The molecular weight excluding hydrogens is 324 g/mol. The summed E-state index contributed by atoms with van der Waals surface area (Å²) < 4.78 is 6.31. The summed E-state index contributed by atoms with van der Waals surface area (Å²) >= 11 is 0. The van der Waals surface area contributed by atoms with Crippen LogP contribution in [-0.2, 0) is 11.3 Å². The fourth-order valence-corrected chi connectivity index (χ4v) is 2.61. The minimum absolute atomic E-state index is 0.0938. The van der Waals surface area contributed by atoms with Crippen molar-refractivity contribution in [1.82, 2.24) is 19.6 Å². The van der Waals surface area contributed by atoms with Gasteiger partial charge in [-0.15, -0.1) is 5.10 Å². The number of benzene rings is 1. The van der Waals surface area contributed by atoms with Crippen molar-refractivity contribution >= 4 is 34.4 Å². The van der Waals surface area contributed by atoms with Gasteiger partial charge in [-0.05, 0) is 19.9 Å². The Hall–Kier alpha value is -3.36. The molecule has 0 unspecified atom stereocenters. The number of carbonyl (C=O) groups is 2. The molecular formula is C16H18N6O3. The number of fused-ring (bicyclic) bond motifs is 1. The maximum Gasteiger partial charge on any atom is 0.412 e. The van der Waals surface area contributed by atoms with Crippen molar-refractivity contribution < 1.29 is 14.3 Å². The minimum Gasteiger partial charge on any atom is -0.450 e. The third-order valence-electron chi connectivity index (χ3n) is 3.73. The summed E-state index contributed by atoms with van der Waals surface area (Å²) in [7, 11) is 0. The zero-order chi connectivity index (χ0) is 18.0. The van der Waals surface area contributed by atoms with Crippen LogP contribution < -0.4 is 11.1 Å². The Morgan fingerprint density at radius 2 is 2.08 bits per heavy atom. The van der Waals surface area contributed by atoms with Gasteiger partial charge in [0.05, 0.1) is 24.0 Å². The first kappa shape index (κ1) is 16.5. The zero-order valence-corrected chi connectivity index (χ0v) is 13.9. The number of ether oxygens (including phenoxy) is 1. The van der Waals surface area contributed by atoms with Crippen LogP contribution in [0.25, 0.3) is 10.9 Å². The SMILES string of the molecule is CCOC(=O)Nc1cnn(CC(=O)n2c(C)c(N)c3ccccc32)n1. The summed E-state index contributed by atoms with van der Waals surface area (Å²) in [6.45, 7) is 3.64. The van der Waals surface area contributed by atoms with Crippen molar-refractivity contribution in [2.75, 3.05) is 17.7 Å². The monoisotopic (exact) mass is 342 g/mol. The molecule has 3 aromatic rings. The van der Waals surface area contributed by atoms with Crippen molar-refractivity contribution in [2.45, 2.75) is 20.4 Å². The van der Waals surface area contributed by atoms with E-state index < -0.39 is 6.09 Å². The average Bonchev–Trinajstić information content (AvgIpc) is 3.11. The minimum atomic E-state index is -0.624. The summed E-state index contributed by atoms with van der Waals surface area (Å²) in [5, 5.41) is 11.3. The lowest BCUT2D eigenvalue weighted by Gasteiger charge is -2.06. The van der Waals surface area contributed by atoms with E-state index in [0.717, 1.165) is 10.9 Å². The third-order valence-corrected chi connectivity index (χ3v) is 3.73. The van der Waals surface area contributed by atoms with E-state index in [4.69, 9.17) is 10.5 Å². The number of nitrogen functional groups attached to an aromatic ring is 1. The molecule has 0 aliphatic carbocycles. The molecule has 2 heterocycles. The van der Waals surface area contributed by atoms with Crippen molar-refractivity contribution in [3.8, 4) is 0 Å². The molecule has 2 aromatic heterocycles. The lowest BCUT2D eigenvalue weighted by Crippen LogP contribution is -2.21. The smallest absolute Gasteiger partial charge is 0.412 e. The van der Waals surface area contributed by atoms with Crippen molar-refractivity contribution in [3.05, 3.63) is 36.2 Å². The van der Waals surface area contributed by atoms with Gasteiger partial charge in [-0.3, -0.25) is 14.7 Å². The van der Waals surface area contributed by atoms with Crippen LogP contribution in [0.1, 0.15) is 17.4 Å². The molecule has 0 fully saturated rings. The molecule has 0 atom stereocenters. The van der Waals surface area contributed by atoms with Gasteiger partial charge in [-0.1, -0.05) is 18.2 Å². The van der Waals surface area contributed by atoms with Crippen molar-refractivity contribution in [3.63, 3.8) is 0 Å². The van der Waals surface area contributed by atoms with Gasteiger partial charge in [0.2, 0.25) is 0 Å². The van der Waals surface area contributed by atoms with Crippen LogP contribution in [0.15, 0.2) is 30.5 Å². The second-order valence-corrected chi connectivity index (χ2v) is 5.35. The second kappa shape index (κ2) is 6.63. The zero-order valence-electron chi connectivity index (χ0n) is 13.9. The Bertz CT molecular complexity index is 943. The Balaban J connectivity index is 1.81. The fourth-order valence-electron chi connectivity index (χ4n) is 2.61. The first-order valence-electron chi connectivity index (χ1n) is 7.74. The molecule has 1 aromatic carbocycles. The van der Waals surface area contributed by atoms with E-state index in [9.17, 15) is 9.59 Å². The summed E-state index contributed by atoms with van der Waals surface area (Å²) in [5.41, 5.74) is 8.06. The van der Waals surface area contributed by atoms with Gasteiger partial charge >= 0.3 is 6.09 Å². The number of aromatic nitrogens is 4. The number of carbonyl (C=O) groups excluding carboxylic acids is 2. The second-order valence-electron chi connectivity index (χ2n) is 5.35. The maximum absolute atomic E-state index is 12.7. The highest BCUT2D eigenvalue weighted by molar-refractivity contribution is 6.01. The lowest BCUT2D eigenvalue weighted by molar-refractivity contribution is 0.0884. The normalized spacial score (nSPS) is 10.8. The molecule has 9 heteroatoms. The maximum atomic E-state index is 12.7. The van der Waals surface area contributed by atoms with Crippen LogP contribution in [0.4, 0.5) is 16.3 Å². The Labute approximate surface area is 143 Å². The van der Waals surface area contributed by atoms with Crippen LogP contribution >= 0.6 is 0 Å². The largest absolute Gasteiger partial charge is 0.450 e. The molecule has 3 N–H and O–H groups in total. The number of hydrogen-bond donors (Lipinski definition) is 2. The first-order chi connectivity index (χ1) is 12.0. The molecule has 0 radical (unpaired) electrons. The van der Waals surface area contributed by atoms with Gasteiger partial charge in [0, 0.05) is 11.1 Å². The topological polar surface area (TPSA) is 117 Å². The van der Waals surface area contributed by atoms with E-state index >= 15 is 0 Å². The van der Waals surface area contributed by atoms with E-state index in [-0.39, 0.29) is 24.9 Å². The van der Waals surface area contributed by atoms with Crippen LogP contribution in [-0.4, -0.2) is 38.2 Å². The summed E-state index contributed by atoms with van der Waals surface area (Å²) in [5.74, 6) is -0.0245. The molecule has 0 saturated carbocycles. The van der Waals surface area contributed by atoms with E-state index in [1.54, 1.807) is 18.4 Å². The fraction of sp³-hybridized carbons (Fsp3) is 0.250. The molecule has 9 nitrogen and oxygen atoms in total. The molecule has 0 bridgehead atoms. The van der Waals surface area contributed by atoms with Gasteiger partial charge in [0.15, 0.2) is 5.82 Å². The Morgan fingerprint density at radius 3 is 2.84 bits per heavy atom. The highest BCUT2D eigenvalue weighted by Gasteiger charge is 2.18. The molecule has 130 valence electrons. The number of rotatable bonds is 4. The van der Waals surface area contributed by atoms with Gasteiger partial charge in [0.25, 0.3) is 5.91 Å². The van der Waals surface area contributed by atoms with Crippen LogP contribution in [0.5, 0.6) is 0 Å². The molecule has 0 saturated heterocycles. The predicted molar refractivity (Wildman–Crippen MR) is 92.4 cm³/mol. The Morgan fingerprint density at radius 1 is 1.32 bits per heavy atom. The number of anilines is 2. The van der Waals surface area contributed by atoms with Crippen molar-refractivity contribution in [1.29, 1.82) is 0 Å². The number of amides is 1. The highest BCUT2D eigenvalue weighted by Crippen LogP contribution is 2.27. The van der Waals surface area contributed by atoms with E-state index in [0.29, 0.717) is 11.4 Å². The Kier molecular flexibility index (Phi) is 4.38. The van der Waals surface area contributed by atoms with Crippen LogP contribution in [0, 0.1) is 6.92 Å². The van der Waals surface area contributed by atoms with Crippen LogP contribution in [0.2, 0.25) is 0 Å². The molecule has 0 aliphatic rings. The number of nitrogens with zero attached hydrogens (tertiary/aromatic N) is 4. The highest BCUT2D eigenvalue weighted by atomic mass is 16.5.